The van der Waals surface area contributed by atoms with E-state index in [1.807, 2.05) is 0 Å². The first-order valence-electron chi connectivity index (χ1n) is 8.81. The fourth-order valence-corrected chi connectivity index (χ4v) is 2.49. The minimum absolute atomic E-state index is 0.253. The van der Waals surface area contributed by atoms with Crippen LogP contribution in [0.4, 0.5) is 0 Å². The fraction of sp³-hybridized carbons (Fsp3) is 0.882. The van der Waals surface area contributed by atoms with Gasteiger partial charge in [-0.3, -0.25) is 4.79 Å². The fourth-order valence-electron chi connectivity index (χ4n) is 2.49. The number of carbonyl (C=O) groups is 1. The van der Waals surface area contributed by atoms with Gasteiger partial charge in [0, 0.05) is 51.4 Å². The summed E-state index contributed by atoms with van der Waals surface area (Å²) in [6.45, 7) is 11.5. The van der Waals surface area contributed by atoms with E-state index in [-0.39, 0.29) is 6.04 Å². The van der Waals surface area contributed by atoms with Gasteiger partial charge in [0.1, 0.15) is 0 Å². The maximum atomic E-state index is 9.92. The number of carbonyl (C=O) groups excluding carboxylic acids is 1. The Morgan fingerprint density at radius 2 is 1.33 bits per heavy atom. The van der Waals surface area contributed by atoms with Crippen LogP contribution in [0.1, 0.15) is 38.5 Å². The van der Waals surface area contributed by atoms with Crippen molar-refractivity contribution < 1.29 is 19.0 Å². The van der Waals surface area contributed by atoms with E-state index in [1.54, 1.807) is 0 Å². The highest BCUT2D eigenvalue weighted by Gasteiger charge is 2.16. The van der Waals surface area contributed by atoms with Crippen LogP contribution in [-0.2, 0) is 19.0 Å². The minimum Gasteiger partial charge on any atom is -0.381 e. The molecule has 1 amide bonds. The summed E-state index contributed by atoms with van der Waals surface area (Å²) in [4.78, 5) is 13.3. The number of ether oxygens (including phenoxy) is 3. The van der Waals surface area contributed by atoms with Crippen molar-refractivity contribution in [1.29, 1.82) is 0 Å². The average molecular weight is 341 g/mol. The zero-order valence-corrected chi connectivity index (χ0v) is 14.5. The van der Waals surface area contributed by atoms with Gasteiger partial charge in [-0.2, -0.15) is 0 Å². The van der Waals surface area contributed by atoms with Gasteiger partial charge in [-0.15, -0.1) is 0 Å². The molecule has 0 saturated carbocycles. The zero-order chi connectivity index (χ0) is 17.5. The van der Waals surface area contributed by atoms with E-state index in [0.717, 1.165) is 84.6 Å². The summed E-state index contributed by atoms with van der Waals surface area (Å²) in [7, 11) is 0. The van der Waals surface area contributed by atoms with E-state index < -0.39 is 0 Å². The molecule has 7 heteroatoms. The highest BCUT2D eigenvalue weighted by molar-refractivity contribution is 5.46. The van der Waals surface area contributed by atoms with Crippen LogP contribution in [0.3, 0.4) is 0 Å². The van der Waals surface area contributed by atoms with Crippen LogP contribution in [0.25, 0.3) is 4.85 Å². The van der Waals surface area contributed by atoms with Crippen LogP contribution in [0.2, 0.25) is 0 Å². The second-order valence-electron chi connectivity index (χ2n) is 6.09. The van der Waals surface area contributed by atoms with Gasteiger partial charge < -0.3 is 30.1 Å². The van der Waals surface area contributed by atoms with Crippen LogP contribution < -0.4 is 11.1 Å². The third-order valence-electron chi connectivity index (χ3n) is 4.16. The molecule has 0 unspecified atom stereocenters. The lowest BCUT2D eigenvalue weighted by atomic mass is 10.1. The van der Waals surface area contributed by atoms with Gasteiger partial charge in [0.25, 0.3) is 0 Å². The molecule has 0 aromatic carbocycles. The van der Waals surface area contributed by atoms with E-state index in [9.17, 15) is 4.79 Å². The molecule has 24 heavy (non-hydrogen) atoms. The molecule has 0 radical (unpaired) electrons. The second kappa shape index (κ2) is 14.2. The third-order valence-corrected chi connectivity index (χ3v) is 4.16. The van der Waals surface area contributed by atoms with E-state index in [2.05, 4.69) is 10.2 Å². The Labute approximate surface area is 145 Å². The van der Waals surface area contributed by atoms with Crippen molar-refractivity contribution in [3.8, 4) is 0 Å². The molecule has 3 saturated heterocycles. The molecule has 0 bridgehead atoms. The average Bonchev–Trinajstić information content (AvgIpc) is 2.65. The van der Waals surface area contributed by atoms with Gasteiger partial charge in [-0.05, 0) is 25.7 Å². The van der Waals surface area contributed by atoms with Gasteiger partial charge in [-0.25, -0.2) is 6.57 Å². The van der Waals surface area contributed by atoms with E-state index in [4.69, 9.17) is 26.5 Å². The summed E-state index contributed by atoms with van der Waals surface area (Å²) in [6.07, 6.45) is 6.63. The number of hydrogen-bond donors (Lipinski definition) is 2. The van der Waals surface area contributed by atoms with E-state index in [0.29, 0.717) is 12.1 Å². The lowest BCUT2D eigenvalue weighted by Crippen LogP contribution is -2.33. The molecule has 0 aromatic heterocycles. The Balaban J connectivity index is 0.000000181. The maximum absolute atomic E-state index is 9.92. The summed E-state index contributed by atoms with van der Waals surface area (Å²) >= 11 is 0. The Kier molecular flexibility index (Phi) is 12.3. The van der Waals surface area contributed by atoms with Gasteiger partial charge in [-0.1, -0.05) is 0 Å². The lowest BCUT2D eigenvalue weighted by molar-refractivity contribution is -0.110. The number of nitrogens with zero attached hydrogens (tertiary/aromatic N) is 1. The van der Waals surface area contributed by atoms with Gasteiger partial charge in [0.15, 0.2) is 0 Å². The Bertz CT molecular complexity index is 344. The molecule has 0 atom stereocenters. The molecule has 3 rings (SSSR count). The molecule has 0 spiro atoms. The molecule has 0 aromatic rings. The summed E-state index contributed by atoms with van der Waals surface area (Å²) < 4.78 is 15.2. The molecular weight excluding hydrogens is 310 g/mol. The first-order chi connectivity index (χ1) is 11.8. The molecular formula is C17H31N3O4. The molecule has 3 aliphatic rings. The lowest BCUT2D eigenvalue weighted by Gasteiger charge is -2.20. The number of nitrogens with one attached hydrogen (secondary N) is 1. The first kappa shape index (κ1) is 20.8. The third kappa shape index (κ3) is 10.6. The number of amides is 1. The van der Waals surface area contributed by atoms with Gasteiger partial charge in [0.2, 0.25) is 12.5 Å². The highest BCUT2D eigenvalue weighted by Crippen LogP contribution is 2.09. The molecule has 3 aliphatic heterocycles. The molecule has 3 fully saturated rings. The topological polar surface area (TPSA) is 87.2 Å². The Morgan fingerprint density at radius 3 is 1.67 bits per heavy atom. The van der Waals surface area contributed by atoms with Crippen LogP contribution in [0, 0.1) is 6.57 Å². The van der Waals surface area contributed by atoms with Crippen molar-refractivity contribution in [2.45, 2.75) is 56.7 Å². The molecule has 3 heterocycles. The largest absolute Gasteiger partial charge is 0.381 e. The van der Waals surface area contributed by atoms with E-state index >= 15 is 0 Å². The standard InChI is InChI=1S/C6H11NO2.C6H9NO.C5H11NO/c8-5-7-6-1-3-9-4-2-6;1-7-6-2-4-8-5-3-6;6-5-1-3-7-4-2-5/h5-6H,1-4H2,(H,7,8);6H,2-5H2;5H,1-4,6H2. The SMILES string of the molecule is NC1CCOCC1.O=CNC1CCOCC1.[C-]#[N+]C1CCOCC1. The molecule has 0 aliphatic carbocycles. The highest BCUT2D eigenvalue weighted by atomic mass is 16.5. The monoisotopic (exact) mass is 341 g/mol. The van der Waals surface area contributed by atoms with Crippen molar-refractivity contribution in [2.75, 3.05) is 39.6 Å². The number of rotatable bonds is 2. The Morgan fingerprint density at radius 1 is 0.875 bits per heavy atom. The minimum atomic E-state index is 0.253. The second-order valence-corrected chi connectivity index (χ2v) is 6.09. The predicted octanol–water partition coefficient (Wildman–Crippen LogP) is 1.12. The summed E-state index contributed by atoms with van der Waals surface area (Å²) in [5.74, 6) is 0. The van der Waals surface area contributed by atoms with Crippen LogP contribution >= 0.6 is 0 Å². The molecule has 3 N–H and O–H groups in total. The van der Waals surface area contributed by atoms with Crippen molar-refractivity contribution in [3.05, 3.63) is 11.4 Å². The van der Waals surface area contributed by atoms with Crippen molar-refractivity contribution >= 4 is 6.41 Å². The Hall–Kier alpha value is -1.20. The maximum Gasteiger partial charge on any atom is 0.228 e. The zero-order valence-electron chi connectivity index (χ0n) is 14.5. The van der Waals surface area contributed by atoms with Crippen LogP contribution in [0.5, 0.6) is 0 Å². The van der Waals surface area contributed by atoms with Crippen molar-refractivity contribution in [1.82, 2.24) is 5.32 Å². The van der Waals surface area contributed by atoms with Crippen LogP contribution in [0.15, 0.2) is 0 Å². The predicted molar refractivity (Wildman–Crippen MR) is 91.5 cm³/mol. The quantitative estimate of drug-likeness (QED) is 0.580. The van der Waals surface area contributed by atoms with Gasteiger partial charge >= 0.3 is 0 Å². The van der Waals surface area contributed by atoms with Crippen LogP contribution in [-0.4, -0.2) is 64.2 Å². The normalized spacial score (nSPS) is 22.8. The van der Waals surface area contributed by atoms with Crippen molar-refractivity contribution in [2.24, 2.45) is 5.73 Å². The van der Waals surface area contributed by atoms with Gasteiger partial charge in [0.05, 0.1) is 13.2 Å². The van der Waals surface area contributed by atoms with Crippen molar-refractivity contribution in [3.63, 3.8) is 0 Å². The summed E-state index contributed by atoms with van der Waals surface area (Å²) in [6, 6.07) is 1.02. The summed E-state index contributed by atoms with van der Waals surface area (Å²) in [5, 5.41) is 2.72. The molecule has 7 nitrogen and oxygen atoms in total. The number of nitrogens with two attached hydrogens (primary N) is 1. The molecule has 138 valence electrons. The summed E-state index contributed by atoms with van der Waals surface area (Å²) in [5.41, 5.74) is 5.55. The smallest absolute Gasteiger partial charge is 0.228 e. The number of hydrogen-bond acceptors (Lipinski definition) is 5. The van der Waals surface area contributed by atoms with E-state index in [1.165, 1.54) is 0 Å². The first-order valence-corrected chi connectivity index (χ1v) is 8.81.